The van der Waals surface area contributed by atoms with Crippen LogP contribution in [0.4, 0.5) is 0 Å². The molecule has 0 aliphatic heterocycles. The summed E-state index contributed by atoms with van der Waals surface area (Å²) >= 11 is 7.53. The molecular formula is C28H21ClN2O3S. The molecule has 7 heteroatoms. The molecule has 3 aromatic carbocycles. The summed E-state index contributed by atoms with van der Waals surface area (Å²) in [5, 5.41) is 11.1. The molecule has 0 bridgehead atoms. The van der Waals surface area contributed by atoms with E-state index in [2.05, 4.69) is 4.98 Å². The highest BCUT2D eigenvalue weighted by atomic mass is 35.5. The molecule has 0 aliphatic carbocycles. The van der Waals surface area contributed by atoms with Crippen molar-refractivity contribution in [2.24, 2.45) is 0 Å². The van der Waals surface area contributed by atoms with Gasteiger partial charge in [-0.15, -0.1) is 11.3 Å². The summed E-state index contributed by atoms with van der Waals surface area (Å²) in [4.78, 5) is 30.0. The Labute approximate surface area is 210 Å². The van der Waals surface area contributed by atoms with Crippen LogP contribution in [0.1, 0.15) is 26.5 Å². The summed E-state index contributed by atoms with van der Waals surface area (Å²) in [6.07, 6.45) is 2.78. The van der Waals surface area contributed by atoms with E-state index in [1.807, 2.05) is 83.4 Å². The summed E-state index contributed by atoms with van der Waals surface area (Å²) < 4.78 is 1.84. The van der Waals surface area contributed by atoms with Gasteiger partial charge in [-0.3, -0.25) is 4.79 Å². The van der Waals surface area contributed by atoms with Gasteiger partial charge in [-0.05, 0) is 40.8 Å². The second-order valence-corrected chi connectivity index (χ2v) is 9.72. The molecule has 5 aromatic rings. The van der Waals surface area contributed by atoms with E-state index in [1.165, 1.54) is 17.5 Å². The van der Waals surface area contributed by atoms with Gasteiger partial charge in [0, 0.05) is 24.2 Å². The molecule has 174 valence electrons. The van der Waals surface area contributed by atoms with Crippen LogP contribution in [-0.4, -0.2) is 20.6 Å². The highest BCUT2D eigenvalue weighted by molar-refractivity contribution is 7.18. The number of aromatic carboxylic acids is 1. The number of hydrogen-bond acceptors (Lipinski definition) is 4. The lowest BCUT2D eigenvalue weighted by Crippen LogP contribution is -2.19. The first-order valence-corrected chi connectivity index (χ1v) is 12.3. The molecule has 0 saturated carbocycles. The summed E-state index contributed by atoms with van der Waals surface area (Å²) in [5.41, 5.74) is 3.61. The third kappa shape index (κ3) is 4.90. The molecule has 2 heterocycles. The van der Waals surface area contributed by atoms with Crippen LogP contribution in [0, 0.1) is 0 Å². The number of nitrogens with zero attached hydrogens (tertiary/aromatic N) is 2. The van der Waals surface area contributed by atoms with Crippen molar-refractivity contribution in [1.82, 2.24) is 9.55 Å². The predicted molar refractivity (Wildman–Crippen MR) is 141 cm³/mol. The quantitative estimate of drug-likeness (QED) is 0.284. The van der Waals surface area contributed by atoms with Crippen molar-refractivity contribution >= 4 is 39.3 Å². The lowest BCUT2D eigenvalue weighted by atomic mass is 9.99. The van der Waals surface area contributed by atoms with Gasteiger partial charge in [0.05, 0.1) is 5.01 Å². The predicted octanol–water partition coefficient (Wildman–Crippen LogP) is 6.31. The third-order valence-corrected chi connectivity index (χ3v) is 7.24. The summed E-state index contributed by atoms with van der Waals surface area (Å²) in [6, 6.07) is 25.7. The molecule has 0 aliphatic rings. The van der Waals surface area contributed by atoms with Crippen LogP contribution in [0.25, 0.3) is 21.5 Å². The molecule has 5 rings (SSSR count). The Kier molecular flexibility index (Phi) is 6.49. The number of rotatable bonds is 7. The molecule has 0 spiro atoms. The van der Waals surface area contributed by atoms with E-state index in [0.29, 0.717) is 22.8 Å². The number of pyridine rings is 1. The van der Waals surface area contributed by atoms with Gasteiger partial charge in [0.1, 0.15) is 15.9 Å². The molecule has 0 radical (unpaired) electrons. The van der Waals surface area contributed by atoms with E-state index in [1.54, 1.807) is 0 Å². The molecule has 0 saturated heterocycles. The minimum absolute atomic E-state index is 0.202. The highest BCUT2D eigenvalue weighted by Crippen LogP contribution is 2.27. The second-order valence-electron chi connectivity index (χ2n) is 8.22. The van der Waals surface area contributed by atoms with Gasteiger partial charge in [-0.2, -0.15) is 0 Å². The van der Waals surface area contributed by atoms with Crippen molar-refractivity contribution in [2.75, 3.05) is 0 Å². The average molecular weight is 501 g/mol. The van der Waals surface area contributed by atoms with E-state index < -0.39 is 11.4 Å². The number of aromatic nitrogens is 2. The number of carbonyl (C=O) groups is 1. The fraction of sp³-hybridized carbons (Fsp3) is 0.107. The first-order chi connectivity index (χ1) is 17.0. The van der Waals surface area contributed by atoms with Crippen molar-refractivity contribution in [3.05, 3.63) is 122 Å². The van der Waals surface area contributed by atoms with Gasteiger partial charge in [0.2, 0.25) is 5.43 Å². The van der Waals surface area contributed by atoms with Crippen LogP contribution in [-0.2, 0) is 19.4 Å². The zero-order valence-electron chi connectivity index (χ0n) is 18.6. The van der Waals surface area contributed by atoms with Crippen molar-refractivity contribution in [3.63, 3.8) is 0 Å². The van der Waals surface area contributed by atoms with Crippen molar-refractivity contribution in [3.8, 4) is 11.1 Å². The second kappa shape index (κ2) is 9.86. The van der Waals surface area contributed by atoms with E-state index >= 15 is 0 Å². The number of benzene rings is 3. The Balaban J connectivity index is 1.56. The van der Waals surface area contributed by atoms with Gasteiger partial charge in [-0.25, -0.2) is 9.78 Å². The largest absolute Gasteiger partial charge is 0.477 e. The van der Waals surface area contributed by atoms with Crippen molar-refractivity contribution < 1.29 is 9.90 Å². The summed E-state index contributed by atoms with van der Waals surface area (Å²) in [6.45, 7) is 0.415. The number of fused-ring (bicyclic) bond motifs is 1. The zero-order chi connectivity index (χ0) is 24.4. The van der Waals surface area contributed by atoms with Crippen LogP contribution in [0.15, 0.2) is 89.9 Å². The number of aryl methyl sites for hydroxylation is 2. The normalized spacial score (nSPS) is 11.1. The van der Waals surface area contributed by atoms with Gasteiger partial charge < -0.3 is 9.67 Å². The number of hydrogen-bond donors (Lipinski definition) is 1. The van der Waals surface area contributed by atoms with E-state index in [0.717, 1.165) is 33.7 Å². The maximum atomic E-state index is 12.9. The smallest absolute Gasteiger partial charge is 0.341 e. The van der Waals surface area contributed by atoms with Crippen LogP contribution in [0.3, 0.4) is 0 Å². The monoisotopic (exact) mass is 500 g/mol. The molecule has 2 aromatic heterocycles. The minimum atomic E-state index is -1.25. The minimum Gasteiger partial charge on any atom is -0.477 e. The number of thiazole rings is 1. The maximum absolute atomic E-state index is 12.9. The summed E-state index contributed by atoms with van der Waals surface area (Å²) in [7, 11) is 0. The Morgan fingerprint density at radius 2 is 1.74 bits per heavy atom. The first kappa shape index (κ1) is 23.0. The molecule has 0 fully saturated rings. The average Bonchev–Trinajstić information content (AvgIpc) is 3.30. The molecule has 0 unspecified atom stereocenters. The van der Waals surface area contributed by atoms with Crippen molar-refractivity contribution in [2.45, 2.75) is 19.4 Å². The van der Waals surface area contributed by atoms with Gasteiger partial charge >= 0.3 is 5.97 Å². The molecule has 0 atom stereocenters. The Morgan fingerprint density at radius 3 is 2.51 bits per heavy atom. The van der Waals surface area contributed by atoms with Gasteiger partial charge in [0.25, 0.3) is 0 Å². The van der Waals surface area contributed by atoms with Gasteiger partial charge in [0.15, 0.2) is 0 Å². The van der Waals surface area contributed by atoms with E-state index in [-0.39, 0.29) is 11.1 Å². The van der Waals surface area contributed by atoms with Gasteiger partial charge in [-0.1, -0.05) is 78.3 Å². The van der Waals surface area contributed by atoms with Crippen LogP contribution in [0.5, 0.6) is 0 Å². The van der Waals surface area contributed by atoms with Crippen LogP contribution >= 0.6 is 22.9 Å². The number of carboxylic acid groups (broad SMARTS) is 1. The number of halogens is 1. The fourth-order valence-electron chi connectivity index (χ4n) is 4.16. The Hall–Kier alpha value is -3.74. The molecule has 35 heavy (non-hydrogen) atoms. The maximum Gasteiger partial charge on any atom is 0.341 e. The third-order valence-electron chi connectivity index (χ3n) is 5.85. The van der Waals surface area contributed by atoms with E-state index in [9.17, 15) is 14.7 Å². The Bertz CT molecular complexity index is 1590. The van der Waals surface area contributed by atoms with Crippen LogP contribution in [0.2, 0.25) is 5.02 Å². The topological polar surface area (TPSA) is 72.2 Å². The molecule has 1 N–H and O–H groups in total. The van der Waals surface area contributed by atoms with Crippen LogP contribution < -0.4 is 5.43 Å². The fourth-order valence-corrected chi connectivity index (χ4v) is 5.41. The summed E-state index contributed by atoms with van der Waals surface area (Å²) in [5.74, 6) is -1.25. The highest BCUT2D eigenvalue weighted by Gasteiger charge is 2.19. The number of carboxylic acids is 1. The SMILES string of the molecule is O=C(O)c1cn(Cc2ccccc2-c2ccccc2)c2sc(CCc3cccc(Cl)c3)nc2c1=O. The van der Waals surface area contributed by atoms with E-state index in [4.69, 9.17) is 11.6 Å². The standard InChI is InChI=1S/C28H21ClN2O3S/c29-21-11-6-7-18(15-21)13-14-24-30-25-26(32)23(28(33)34)17-31(27(25)35-24)16-20-10-4-5-12-22(20)19-8-2-1-3-9-19/h1-12,15,17H,13-14,16H2,(H,33,34). The van der Waals surface area contributed by atoms with Crippen molar-refractivity contribution in [1.29, 1.82) is 0 Å². The first-order valence-electron chi connectivity index (χ1n) is 11.1. The zero-order valence-corrected chi connectivity index (χ0v) is 20.2. The molecule has 5 nitrogen and oxygen atoms in total. The molecular weight excluding hydrogens is 480 g/mol. The lowest BCUT2D eigenvalue weighted by molar-refractivity contribution is 0.0695. The molecule has 0 amide bonds. The Morgan fingerprint density at radius 1 is 0.971 bits per heavy atom. The lowest BCUT2D eigenvalue weighted by Gasteiger charge is -2.13.